The van der Waals surface area contributed by atoms with E-state index in [9.17, 15) is 0 Å². The first-order chi connectivity index (χ1) is 7.86. The molecule has 0 radical (unpaired) electrons. The van der Waals surface area contributed by atoms with Crippen molar-refractivity contribution in [3.63, 3.8) is 0 Å². The standard InChI is InChI=1S/C12H27N3O/c1-2-16-12-4-7-15-10-8-14(9-11-15)6-3-5-13/h2-13H2,1H3. The minimum absolute atomic E-state index is 0.814. The van der Waals surface area contributed by atoms with Gasteiger partial charge in [-0.05, 0) is 32.9 Å². The molecule has 4 nitrogen and oxygen atoms in total. The van der Waals surface area contributed by atoms with Crippen molar-refractivity contribution in [2.24, 2.45) is 5.73 Å². The Morgan fingerprint density at radius 1 is 1.00 bits per heavy atom. The van der Waals surface area contributed by atoms with Crippen LogP contribution in [0.3, 0.4) is 0 Å². The molecule has 1 heterocycles. The molecule has 0 aliphatic carbocycles. The lowest BCUT2D eigenvalue weighted by Crippen LogP contribution is -2.47. The first kappa shape index (κ1) is 13.9. The molecule has 0 aromatic rings. The number of ether oxygens (including phenoxy) is 1. The van der Waals surface area contributed by atoms with Crippen LogP contribution in [0.1, 0.15) is 19.8 Å². The van der Waals surface area contributed by atoms with Crippen molar-refractivity contribution >= 4 is 0 Å². The molecule has 0 atom stereocenters. The number of hydrogen-bond acceptors (Lipinski definition) is 4. The fourth-order valence-corrected chi connectivity index (χ4v) is 2.09. The van der Waals surface area contributed by atoms with Crippen molar-refractivity contribution in [1.82, 2.24) is 9.80 Å². The van der Waals surface area contributed by atoms with Gasteiger partial charge in [0.2, 0.25) is 0 Å². The van der Waals surface area contributed by atoms with Gasteiger partial charge in [-0.3, -0.25) is 0 Å². The maximum absolute atomic E-state index is 5.52. The quantitative estimate of drug-likeness (QED) is 0.611. The number of hydrogen-bond donors (Lipinski definition) is 1. The van der Waals surface area contributed by atoms with E-state index in [1.807, 2.05) is 0 Å². The number of nitrogens with zero attached hydrogens (tertiary/aromatic N) is 2. The lowest BCUT2D eigenvalue weighted by Gasteiger charge is -2.34. The average molecular weight is 229 g/mol. The van der Waals surface area contributed by atoms with Crippen molar-refractivity contribution < 1.29 is 4.74 Å². The van der Waals surface area contributed by atoms with Gasteiger partial charge in [0, 0.05) is 45.9 Å². The molecule has 0 saturated carbocycles. The molecule has 0 aromatic heterocycles. The third-order valence-electron chi connectivity index (χ3n) is 3.11. The normalized spacial score (nSPS) is 19.1. The van der Waals surface area contributed by atoms with Gasteiger partial charge >= 0.3 is 0 Å². The molecule has 0 bridgehead atoms. The molecule has 1 aliphatic heterocycles. The molecule has 0 aromatic carbocycles. The van der Waals surface area contributed by atoms with E-state index < -0.39 is 0 Å². The SMILES string of the molecule is CCOCCCN1CCN(CCCN)CC1. The van der Waals surface area contributed by atoms with E-state index in [-0.39, 0.29) is 0 Å². The molecule has 4 heteroatoms. The van der Waals surface area contributed by atoms with Gasteiger partial charge in [-0.1, -0.05) is 0 Å². The van der Waals surface area contributed by atoms with Gasteiger partial charge in [-0.15, -0.1) is 0 Å². The molecule has 1 rings (SSSR count). The molecular formula is C12H27N3O. The minimum atomic E-state index is 0.814. The molecule has 96 valence electrons. The van der Waals surface area contributed by atoms with Gasteiger partial charge < -0.3 is 20.3 Å². The van der Waals surface area contributed by atoms with Gasteiger partial charge in [0.1, 0.15) is 0 Å². The second-order valence-electron chi connectivity index (χ2n) is 4.38. The molecule has 0 spiro atoms. The zero-order chi connectivity index (χ0) is 11.6. The molecule has 16 heavy (non-hydrogen) atoms. The Hall–Kier alpha value is -0.160. The van der Waals surface area contributed by atoms with Crippen LogP contribution >= 0.6 is 0 Å². The van der Waals surface area contributed by atoms with E-state index in [0.717, 1.165) is 32.6 Å². The van der Waals surface area contributed by atoms with Gasteiger partial charge in [-0.25, -0.2) is 0 Å². The minimum Gasteiger partial charge on any atom is -0.382 e. The first-order valence-corrected chi connectivity index (χ1v) is 6.59. The Labute approximate surface area is 99.7 Å². The molecule has 0 amide bonds. The van der Waals surface area contributed by atoms with Crippen molar-refractivity contribution in [2.75, 3.05) is 59.0 Å². The summed E-state index contributed by atoms with van der Waals surface area (Å²) in [6.45, 7) is 11.8. The summed E-state index contributed by atoms with van der Waals surface area (Å²) in [5.41, 5.74) is 5.52. The van der Waals surface area contributed by atoms with Crippen molar-refractivity contribution in [1.29, 1.82) is 0 Å². The van der Waals surface area contributed by atoms with Gasteiger partial charge in [-0.2, -0.15) is 0 Å². The van der Waals surface area contributed by atoms with Crippen molar-refractivity contribution in [2.45, 2.75) is 19.8 Å². The van der Waals surface area contributed by atoms with Crippen LogP contribution in [-0.2, 0) is 4.74 Å². The van der Waals surface area contributed by atoms with E-state index in [4.69, 9.17) is 10.5 Å². The number of nitrogens with two attached hydrogens (primary N) is 1. The number of piperazine rings is 1. The Bertz CT molecular complexity index is 158. The topological polar surface area (TPSA) is 41.7 Å². The highest BCUT2D eigenvalue weighted by atomic mass is 16.5. The van der Waals surface area contributed by atoms with Crippen LogP contribution in [0.2, 0.25) is 0 Å². The van der Waals surface area contributed by atoms with E-state index in [1.54, 1.807) is 0 Å². The van der Waals surface area contributed by atoms with Crippen LogP contribution in [0, 0.1) is 0 Å². The largest absolute Gasteiger partial charge is 0.382 e. The van der Waals surface area contributed by atoms with Gasteiger partial charge in [0.25, 0.3) is 0 Å². The fourth-order valence-electron chi connectivity index (χ4n) is 2.09. The second kappa shape index (κ2) is 8.93. The Morgan fingerprint density at radius 3 is 2.06 bits per heavy atom. The molecule has 1 fully saturated rings. The molecule has 0 unspecified atom stereocenters. The maximum atomic E-state index is 5.52. The Kier molecular flexibility index (Phi) is 7.76. The first-order valence-electron chi connectivity index (χ1n) is 6.59. The van der Waals surface area contributed by atoms with Crippen LogP contribution in [0.15, 0.2) is 0 Å². The van der Waals surface area contributed by atoms with Crippen molar-refractivity contribution in [3.05, 3.63) is 0 Å². The molecule has 2 N–H and O–H groups in total. The summed E-state index contributed by atoms with van der Waals surface area (Å²) in [6, 6.07) is 0. The zero-order valence-corrected chi connectivity index (χ0v) is 10.7. The summed E-state index contributed by atoms with van der Waals surface area (Å²) in [5.74, 6) is 0. The summed E-state index contributed by atoms with van der Waals surface area (Å²) >= 11 is 0. The van der Waals surface area contributed by atoms with Crippen LogP contribution in [-0.4, -0.2) is 68.8 Å². The summed E-state index contributed by atoms with van der Waals surface area (Å²) in [7, 11) is 0. The predicted molar refractivity (Wildman–Crippen MR) is 67.7 cm³/mol. The van der Waals surface area contributed by atoms with E-state index in [0.29, 0.717) is 0 Å². The highest BCUT2D eigenvalue weighted by Gasteiger charge is 2.15. The maximum Gasteiger partial charge on any atom is 0.0478 e. The molecular weight excluding hydrogens is 202 g/mol. The predicted octanol–water partition coefficient (Wildman–Crippen LogP) is 0.379. The third kappa shape index (κ3) is 5.80. The van der Waals surface area contributed by atoms with Crippen LogP contribution in [0.25, 0.3) is 0 Å². The summed E-state index contributed by atoms with van der Waals surface area (Å²) in [4.78, 5) is 5.06. The third-order valence-corrected chi connectivity index (χ3v) is 3.11. The monoisotopic (exact) mass is 229 g/mol. The number of rotatable bonds is 8. The van der Waals surface area contributed by atoms with E-state index in [2.05, 4.69) is 16.7 Å². The summed E-state index contributed by atoms with van der Waals surface area (Å²) < 4.78 is 5.35. The van der Waals surface area contributed by atoms with Crippen LogP contribution in [0.4, 0.5) is 0 Å². The Balaban J connectivity index is 1.98. The van der Waals surface area contributed by atoms with Crippen molar-refractivity contribution in [3.8, 4) is 0 Å². The smallest absolute Gasteiger partial charge is 0.0478 e. The zero-order valence-electron chi connectivity index (χ0n) is 10.7. The summed E-state index contributed by atoms with van der Waals surface area (Å²) in [5, 5.41) is 0. The lowest BCUT2D eigenvalue weighted by atomic mass is 10.2. The highest BCUT2D eigenvalue weighted by molar-refractivity contribution is 4.71. The average Bonchev–Trinajstić information content (AvgIpc) is 2.33. The van der Waals surface area contributed by atoms with Crippen LogP contribution < -0.4 is 5.73 Å². The van der Waals surface area contributed by atoms with Crippen LogP contribution in [0.5, 0.6) is 0 Å². The van der Waals surface area contributed by atoms with Gasteiger partial charge in [0.05, 0.1) is 0 Å². The Morgan fingerprint density at radius 2 is 1.56 bits per heavy atom. The van der Waals surface area contributed by atoms with E-state index >= 15 is 0 Å². The lowest BCUT2D eigenvalue weighted by molar-refractivity contribution is 0.104. The second-order valence-corrected chi connectivity index (χ2v) is 4.38. The van der Waals surface area contributed by atoms with Gasteiger partial charge in [0.15, 0.2) is 0 Å². The molecule has 1 saturated heterocycles. The fraction of sp³-hybridized carbons (Fsp3) is 1.00. The highest BCUT2D eigenvalue weighted by Crippen LogP contribution is 2.03. The summed E-state index contributed by atoms with van der Waals surface area (Å²) in [6.07, 6.45) is 2.29. The molecule has 1 aliphatic rings. The van der Waals surface area contributed by atoms with E-state index in [1.165, 1.54) is 39.3 Å².